The molecule has 0 unspecified atom stereocenters. The Hall–Kier alpha value is -3.02. The van der Waals surface area contributed by atoms with Crippen LogP contribution in [0.1, 0.15) is 21.5 Å². The van der Waals surface area contributed by atoms with Gasteiger partial charge >= 0.3 is 5.97 Å². The Balaban J connectivity index is 1.50. The molecule has 2 aromatic rings. The minimum Gasteiger partial charge on any atom is -0.486 e. The molecule has 2 aromatic carbocycles. The summed E-state index contributed by atoms with van der Waals surface area (Å²) < 4.78 is 21.3. The Kier molecular flexibility index (Phi) is 5.41. The lowest BCUT2D eigenvalue weighted by molar-refractivity contribution is -0.144. The number of hydrogen-bond donors (Lipinski definition) is 0. The number of ether oxygens (including phenoxy) is 4. The van der Waals surface area contributed by atoms with Gasteiger partial charge in [-0.2, -0.15) is 0 Å². The van der Waals surface area contributed by atoms with Gasteiger partial charge in [-0.1, -0.05) is 6.07 Å². The number of esters is 1. The molecule has 6 nitrogen and oxygen atoms in total. The molecule has 0 bridgehead atoms. The van der Waals surface area contributed by atoms with Crippen LogP contribution in [-0.2, 0) is 9.53 Å². The van der Waals surface area contributed by atoms with Crippen LogP contribution in [0.25, 0.3) is 0 Å². The number of hydrogen-bond acceptors (Lipinski definition) is 6. The van der Waals surface area contributed by atoms with E-state index in [2.05, 4.69) is 0 Å². The first kappa shape index (κ1) is 17.8. The van der Waals surface area contributed by atoms with Crippen LogP contribution in [0.3, 0.4) is 0 Å². The molecule has 0 fully saturated rings. The van der Waals surface area contributed by atoms with E-state index >= 15 is 0 Å². The summed E-state index contributed by atoms with van der Waals surface area (Å²) in [6.45, 7) is 4.22. The third-order valence-electron chi connectivity index (χ3n) is 3.78. The van der Waals surface area contributed by atoms with Crippen molar-refractivity contribution in [3.8, 4) is 17.2 Å². The van der Waals surface area contributed by atoms with E-state index in [0.717, 1.165) is 11.1 Å². The molecular weight excluding hydrogens is 336 g/mol. The molecule has 0 saturated carbocycles. The maximum absolute atomic E-state index is 12.2. The first-order valence-electron chi connectivity index (χ1n) is 8.31. The Bertz CT molecular complexity index is 807. The van der Waals surface area contributed by atoms with Crippen LogP contribution >= 0.6 is 0 Å². The summed E-state index contributed by atoms with van der Waals surface area (Å²) in [5, 5.41) is 0. The lowest BCUT2D eigenvalue weighted by atomic mass is 10.1. The zero-order valence-corrected chi connectivity index (χ0v) is 14.7. The van der Waals surface area contributed by atoms with Crippen LogP contribution in [0.5, 0.6) is 17.2 Å². The second kappa shape index (κ2) is 7.91. The lowest BCUT2D eigenvalue weighted by Crippen LogP contribution is -2.20. The van der Waals surface area contributed by atoms with E-state index in [1.54, 1.807) is 18.2 Å². The molecule has 0 spiro atoms. The number of Topliss-reactive ketones (excluding diaryl/α,β-unsaturated/α-hetero) is 1. The highest BCUT2D eigenvalue weighted by atomic mass is 16.6. The molecular formula is C20H20O6. The van der Waals surface area contributed by atoms with Gasteiger partial charge < -0.3 is 18.9 Å². The van der Waals surface area contributed by atoms with Gasteiger partial charge in [-0.3, -0.25) is 4.79 Å². The Morgan fingerprint density at radius 3 is 2.35 bits per heavy atom. The maximum Gasteiger partial charge on any atom is 0.344 e. The second-order valence-electron chi connectivity index (χ2n) is 6.05. The summed E-state index contributed by atoms with van der Waals surface area (Å²) in [6.07, 6.45) is 0. The fourth-order valence-corrected chi connectivity index (χ4v) is 2.65. The molecule has 3 rings (SSSR count). The average Bonchev–Trinajstić information content (AvgIpc) is 2.63. The quantitative estimate of drug-likeness (QED) is 0.585. The van der Waals surface area contributed by atoms with Crippen LogP contribution in [0, 0.1) is 13.8 Å². The van der Waals surface area contributed by atoms with Crippen LogP contribution in [0.2, 0.25) is 0 Å². The molecule has 136 valence electrons. The molecule has 1 aliphatic heterocycles. The summed E-state index contributed by atoms with van der Waals surface area (Å²) in [5.41, 5.74) is 2.49. The molecule has 0 atom stereocenters. The molecule has 0 saturated heterocycles. The normalized spacial score (nSPS) is 12.4. The zero-order valence-electron chi connectivity index (χ0n) is 14.7. The van der Waals surface area contributed by atoms with Gasteiger partial charge in [0.25, 0.3) is 0 Å². The third kappa shape index (κ3) is 4.53. The van der Waals surface area contributed by atoms with Gasteiger partial charge in [0.2, 0.25) is 0 Å². The molecule has 26 heavy (non-hydrogen) atoms. The number of rotatable bonds is 6. The minimum atomic E-state index is -0.602. The number of ketones is 1. The van der Waals surface area contributed by atoms with Gasteiger partial charge in [-0.25, -0.2) is 4.79 Å². The highest BCUT2D eigenvalue weighted by molar-refractivity contribution is 5.98. The fourth-order valence-electron chi connectivity index (χ4n) is 2.65. The largest absolute Gasteiger partial charge is 0.486 e. The van der Waals surface area contributed by atoms with Crippen molar-refractivity contribution in [2.24, 2.45) is 0 Å². The van der Waals surface area contributed by atoms with Crippen LogP contribution in [-0.4, -0.2) is 38.2 Å². The van der Waals surface area contributed by atoms with Crippen molar-refractivity contribution in [2.45, 2.75) is 13.8 Å². The topological polar surface area (TPSA) is 71.1 Å². The van der Waals surface area contributed by atoms with Gasteiger partial charge in [0.15, 0.2) is 30.5 Å². The number of carbonyl (C=O) groups is 2. The highest BCUT2D eigenvalue weighted by Crippen LogP contribution is 2.30. The summed E-state index contributed by atoms with van der Waals surface area (Å²) in [6, 6.07) is 10.6. The van der Waals surface area contributed by atoms with Crippen molar-refractivity contribution in [3.63, 3.8) is 0 Å². The van der Waals surface area contributed by atoms with Crippen LogP contribution in [0.15, 0.2) is 36.4 Å². The van der Waals surface area contributed by atoms with E-state index < -0.39 is 5.97 Å². The van der Waals surface area contributed by atoms with E-state index in [9.17, 15) is 9.59 Å². The molecule has 0 amide bonds. The van der Waals surface area contributed by atoms with E-state index in [0.29, 0.717) is 36.0 Å². The lowest BCUT2D eigenvalue weighted by Gasteiger charge is -2.18. The Labute approximate surface area is 151 Å². The molecule has 1 heterocycles. The summed E-state index contributed by atoms with van der Waals surface area (Å²) in [5.74, 6) is 0.799. The molecule has 0 aromatic heterocycles. The first-order chi connectivity index (χ1) is 12.5. The van der Waals surface area contributed by atoms with Crippen LogP contribution < -0.4 is 14.2 Å². The standard InChI is InChI=1S/C20H20O6/c1-13-7-14(2)9-16(8-13)25-12-20(22)26-11-17(21)15-3-4-18-19(10-15)24-6-5-23-18/h3-4,7-10H,5-6,11-12H2,1-2H3. The molecule has 0 radical (unpaired) electrons. The van der Waals surface area contributed by atoms with Crippen molar-refractivity contribution in [3.05, 3.63) is 53.1 Å². The van der Waals surface area contributed by atoms with Crippen LogP contribution in [0.4, 0.5) is 0 Å². The number of carbonyl (C=O) groups excluding carboxylic acids is 2. The number of benzene rings is 2. The number of fused-ring (bicyclic) bond motifs is 1. The second-order valence-corrected chi connectivity index (χ2v) is 6.05. The van der Waals surface area contributed by atoms with Gasteiger partial charge in [0, 0.05) is 5.56 Å². The van der Waals surface area contributed by atoms with Gasteiger partial charge in [-0.15, -0.1) is 0 Å². The van der Waals surface area contributed by atoms with E-state index in [1.807, 2.05) is 32.0 Å². The van der Waals surface area contributed by atoms with E-state index in [1.165, 1.54) is 0 Å². The van der Waals surface area contributed by atoms with Crippen molar-refractivity contribution in [1.82, 2.24) is 0 Å². The monoisotopic (exact) mass is 356 g/mol. The van der Waals surface area contributed by atoms with Crippen molar-refractivity contribution >= 4 is 11.8 Å². The smallest absolute Gasteiger partial charge is 0.344 e. The summed E-state index contributed by atoms with van der Waals surface area (Å²) in [7, 11) is 0. The van der Waals surface area contributed by atoms with E-state index in [-0.39, 0.29) is 19.0 Å². The third-order valence-corrected chi connectivity index (χ3v) is 3.78. The summed E-state index contributed by atoms with van der Waals surface area (Å²) in [4.78, 5) is 24.0. The first-order valence-corrected chi connectivity index (χ1v) is 8.31. The fraction of sp³-hybridized carbons (Fsp3) is 0.300. The Morgan fingerprint density at radius 2 is 1.62 bits per heavy atom. The maximum atomic E-state index is 12.2. The number of aryl methyl sites for hydroxylation is 2. The van der Waals surface area contributed by atoms with Gasteiger partial charge in [0.1, 0.15) is 19.0 Å². The van der Waals surface area contributed by atoms with Crippen molar-refractivity contribution < 1.29 is 28.5 Å². The molecule has 6 heteroatoms. The summed E-state index contributed by atoms with van der Waals surface area (Å²) >= 11 is 0. The molecule has 0 aliphatic carbocycles. The predicted octanol–water partition coefficient (Wildman–Crippen LogP) is 2.88. The molecule has 0 N–H and O–H groups in total. The Morgan fingerprint density at radius 1 is 0.923 bits per heavy atom. The zero-order chi connectivity index (χ0) is 18.5. The average molecular weight is 356 g/mol. The SMILES string of the molecule is Cc1cc(C)cc(OCC(=O)OCC(=O)c2ccc3c(c2)OCCO3)c1. The van der Waals surface area contributed by atoms with Gasteiger partial charge in [0.05, 0.1) is 0 Å². The minimum absolute atomic E-state index is 0.253. The molecule has 1 aliphatic rings. The van der Waals surface area contributed by atoms with Crippen molar-refractivity contribution in [2.75, 3.05) is 26.4 Å². The van der Waals surface area contributed by atoms with Gasteiger partial charge in [-0.05, 0) is 55.3 Å². The highest BCUT2D eigenvalue weighted by Gasteiger charge is 2.16. The predicted molar refractivity (Wildman–Crippen MR) is 94.1 cm³/mol. The van der Waals surface area contributed by atoms with Crippen molar-refractivity contribution in [1.29, 1.82) is 0 Å². The van der Waals surface area contributed by atoms with E-state index in [4.69, 9.17) is 18.9 Å².